The van der Waals surface area contributed by atoms with Crippen LogP contribution in [0.3, 0.4) is 0 Å². The van der Waals surface area contributed by atoms with E-state index in [2.05, 4.69) is 0 Å². The molecule has 0 bridgehead atoms. The van der Waals surface area contributed by atoms with Crippen LogP contribution in [-0.2, 0) is 4.79 Å². The topological polar surface area (TPSA) is 17.1 Å². The molecule has 2 aliphatic carbocycles. The van der Waals surface area contributed by atoms with E-state index in [0.29, 0.717) is 5.78 Å². The van der Waals surface area contributed by atoms with Gasteiger partial charge in [-0.05, 0) is 24.7 Å². The highest BCUT2D eigenvalue weighted by Gasteiger charge is 2.33. The van der Waals surface area contributed by atoms with Crippen molar-refractivity contribution in [2.75, 3.05) is 0 Å². The van der Waals surface area contributed by atoms with Crippen LogP contribution in [0.5, 0.6) is 0 Å². The third-order valence-corrected chi connectivity index (χ3v) is 3.05. The summed E-state index contributed by atoms with van der Waals surface area (Å²) in [6.45, 7) is 0. The van der Waals surface area contributed by atoms with Crippen LogP contribution in [-0.4, -0.2) is 5.78 Å². The fourth-order valence-corrected chi connectivity index (χ4v) is 2.49. The van der Waals surface area contributed by atoms with Gasteiger partial charge in [-0.3, -0.25) is 4.79 Å². The maximum absolute atomic E-state index is 11.0. The number of hydrogen-bond donors (Lipinski definition) is 0. The summed E-state index contributed by atoms with van der Waals surface area (Å²) in [5.41, 5.74) is 0. The minimum Gasteiger partial charge on any atom is -0.300 e. The van der Waals surface area contributed by atoms with Crippen molar-refractivity contribution in [3.8, 4) is 0 Å². The Labute approximate surface area is 61.8 Å². The Morgan fingerprint density at radius 3 is 2.00 bits per heavy atom. The van der Waals surface area contributed by atoms with Crippen molar-refractivity contribution in [1.82, 2.24) is 0 Å². The first-order valence-corrected chi connectivity index (χ1v) is 4.38. The number of carbonyl (C=O) groups excluding carboxylic acids is 1. The van der Waals surface area contributed by atoms with Gasteiger partial charge >= 0.3 is 0 Å². The fraction of sp³-hybridized carbons (Fsp3) is 0.889. The molecule has 2 saturated carbocycles. The van der Waals surface area contributed by atoms with E-state index in [0.717, 1.165) is 24.7 Å². The predicted molar refractivity (Wildman–Crippen MR) is 39.7 cm³/mol. The molecule has 10 heavy (non-hydrogen) atoms. The van der Waals surface area contributed by atoms with Crippen LogP contribution in [0, 0.1) is 11.8 Å². The Kier molecular flexibility index (Phi) is 1.51. The summed E-state index contributed by atoms with van der Waals surface area (Å²) in [5.74, 6) is 2.11. The molecule has 1 heteroatoms. The number of rotatable bonds is 0. The van der Waals surface area contributed by atoms with Crippen LogP contribution >= 0.6 is 0 Å². The summed E-state index contributed by atoms with van der Waals surface area (Å²) in [6, 6.07) is 0. The van der Waals surface area contributed by atoms with Gasteiger partial charge in [0.15, 0.2) is 0 Å². The number of hydrogen-bond acceptors (Lipinski definition) is 1. The van der Waals surface area contributed by atoms with Gasteiger partial charge < -0.3 is 0 Å². The lowest BCUT2D eigenvalue weighted by atomic mass is 9.82. The third kappa shape index (κ3) is 0.979. The molecular weight excluding hydrogens is 124 g/mol. The van der Waals surface area contributed by atoms with E-state index in [1.54, 1.807) is 0 Å². The lowest BCUT2D eigenvalue weighted by Gasteiger charge is -2.23. The number of carbonyl (C=O) groups is 1. The van der Waals surface area contributed by atoms with Gasteiger partial charge in [-0.25, -0.2) is 0 Å². The zero-order valence-electron chi connectivity index (χ0n) is 6.31. The summed E-state index contributed by atoms with van der Waals surface area (Å²) < 4.78 is 0. The molecule has 2 atom stereocenters. The highest BCUT2D eigenvalue weighted by Crippen LogP contribution is 2.40. The van der Waals surface area contributed by atoms with E-state index in [4.69, 9.17) is 0 Å². The fourth-order valence-electron chi connectivity index (χ4n) is 2.49. The van der Waals surface area contributed by atoms with E-state index in [1.807, 2.05) is 0 Å². The van der Waals surface area contributed by atoms with Crippen LogP contribution in [0.2, 0.25) is 0 Å². The van der Waals surface area contributed by atoms with Gasteiger partial charge in [-0.1, -0.05) is 12.8 Å². The van der Waals surface area contributed by atoms with Gasteiger partial charge in [0.05, 0.1) is 0 Å². The van der Waals surface area contributed by atoms with Crippen LogP contribution in [0.15, 0.2) is 0 Å². The molecular formula is C9H14O. The zero-order chi connectivity index (χ0) is 6.97. The molecule has 56 valence electrons. The standard InChI is InChI=1S/C9H14O/c10-9-5-7-3-1-2-4-8(7)6-9/h7-8H,1-6H2/t7-,8-/m1/s1. The Morgan fingerprint density at radius 2 is 1.50 bits per heavy atom. The highest BCUT2D eigenvalue weighted by atomic mass is 16.1. The molecule has 0 aromatic carbocycles. The number of ketones is 1. The van der Waals surface area contributed by atoms with Gasteiger partial charge in [0.25, 0.3) is 0 Å². The largest absolute Gasteiger partial charge is 0.300 e. The van der Waals surface area contributed by atoms with E-state index in [9.17, 15) is 4.79 Å². The highest BCUT2D eigenvalue weighted by molar-refractivity contribution is 5.81. The average Bonchev–Trinajstić information content (AvgIpc) is 2.27. The molecule has 0 aromatic heterocycles. The van der Waals surface area contributed by atoms with E-state index in [1.165, 1.54) is 25.7 Å². The Hall–Kier alpha value is -0.330. The molecule has 0 saturated heterocycles. The Morgan fingerprint density at radius 1 is 1.00 bits per heavy atom. The van der Waals surface area contributed by atoms with Gasteiger partial charge in [-0.2, -0.15) is 0 Å². The summed E-state index contributed by atoms with van der Waals surface area (Å²) in [6.07, 6.45) is 7.21. The van der Waals surface area contributed by atoms with Crippen molar-refractivity contribution in [1.29, 1.82) is 0 Å². The van der Waals surface area contributed by atoms with Crippen molar-refractivity contribution in [2.45, 2.75) is 38.5 Å². The SMILES string of the molecule is O=C1C[C@H]2CCCC[C@@H]2C1. The predicted octanol–water partition coefficient (Wildman–Crippen LogP) is 2.16. The minimum atomic E-state index is 0.525. The van der Waals surface area contributed by atoms with Gasteiger partial charge in [0.2, 0.25) is 0 Å². The molecule has 0 amide bonds. The average molecular weight is 138 g/mol. The lowest BCUT2D eigenvalue weighted by Crippen LogP contribution is -2.12. The third-order valence-electron chi connectivity index (χ3n) is 3.05. The molecule has 0 heterocycles. The van der Waals surface area contributed by atoms with Gasteiger partial charge in [0, 0.05) is 12.8 Å². The summed E-state index contributed by atoms with van der Waals surface area (Å²) in [7, 11) is 0. The molecule has 0 aromatic rings. The lowest BCUT2D eigenvalue weighted by molar-refractivity contribution is -0.117. The second-order valence-corrected chi connectivity index (χ2v) is 3.75. The Bertz CT molecular complexity index is 135. The van der Waals surface area contributed by atoms with Crippen molar-refractivity contribution in [2.24, 2.45) is 11.8 Å². The molecule has 0 unspecified atom stereocenters. The van der Waals surface area contributed by atoms with Gasteiger partial charge in [-0.15, -0.1) is 0 Å². The van der Waals surface area contributed by atoms with Crippen LogP contribution in [0.4, 0.5) is 0 Å². The summed E-state index contributed by atoms with van der Waals surface area (Å²) >= 11 is 0. The minimum absolute atomic E-state index is 0.525. The monoisotopic (exact) mass is 138 g/mol. The molecule has 1 nitrogen and oxygen atoms in total. The second-order valence-electron chi connectivity index (χ2n) is 3.75. The maximum Gasteiger partial charge on any atom is 0.133 e. The van der Waals surface area contributed by atoms with Crippen molar-refractivity contribution >= 4 is 5.78 Å². The van der Waals surface area contributed by atoms with Crippen molar-refractivity contribution < 1.29 is 4.79 Å². The van der Waals surface area contributed by atoms with Crippen LogP contribution in [0.1, 0.15) is 38.5 Å². The van der Waals surface area contributed by atoms with Crippen molar-refractivity contribution in [3.63, 3.8) is 0 Å². The van der Waals surface area contributed by atoms with Crippen LogP contribution in [0.25, 0.3) is 0 Å². The smallest absolute Gasteiger partial charge is 0.133 e. The zero-order valence-corrected chi connectivity index (χ0v) is 6.31. The number of Topliss-reactive ketones (excluding diaryl/α,β-unsaturated/α-hetero) is 1. The van der Waals surface area contributed by atoms with E-state index in [-0.39, 0.29) is 0 Å². The van der Waals surface area contributed by atoms with Gasteiger partial charge in [0.1, 0.15) is 5.78 Å². The first-order valence-electron chi connectivity index (χ1n) is 4.38. The summed E-state index contributed by atoms with van der Waals surface area (Å²) in [4.78, 5) is 11.0. The molecule has 0 spiro atoms. The van der Waals surface area contributed by atoms with Crippen molar-refractivity contribution in [3.05, 3.63) is 0 Å². The Balaban J connectivity index is 2.04. The first kappa shape index (κ1) is 6.38. The maximum atomic E-state index is 11.0. The van der Waals surface area contributed by atoms with E-state index >= 15 is 0 Å². The second kappa shape index (κ2) is 2.37. The molecule has 2 fully saturated rings. The van der Waals surface area contributed by atoms with Crippen LogP contribution < -0.4 is 0 Å². The normalized spacial score (nSPS) is 39.8. The van der Waals surface area contributed by atoms with E-state index < -0.39 is 0 Å². The molecule has 0 aliphatic heterocycles. The number of fused-ring (bicyclic) bond motifs is 1. The first-order chi connectivity index (χ1) is 4.86. The molecule has 2 aliphatic rings. The molecule has 0 N–H and O–H groups in total. The summed E-state index contributed by atoms with van der Waals surface area (Å²) in [5, 5.41) is 0. The molecule has 2 rings (SSSR count). The molecule has 0 radical (unpaired) electrons. The quantitative estimate of drug-likeness (QED) is 0.501.